The molecule has 1 aromatic carbocycles. The smallest absolute Gasteiger partial charge is 0.303 e. The molecule has 0 aromatic heterocycles. The van der Waals surface area contributed by atoms with Gasteiger partial charge in [0.2, 0.25) is 11.8 Å². The first-order valence-electron chi connectivity index (χ1n) is 9.84. The van der Waals surface area contributed by atoms with Crippen molar-refractivity contribution in [1.29, 1.82) is 0 Å². The highest BCUT2D eigenvalue weighted by Gasteiger charge is 2.39. The Kier molecular flexibility index (Phi) is 6.21. The molecule has 2 saturated heterocycles. The van der Waals surface area contributed by atoms with Gasteiger partial charge < -0.3 is 19.6 Å². The van der Waals surface area contributed by atoms with Crippen molar-refractivity contribution in [2.24, 2.45) is 11.8 Å². The van der Waals surface area contributed by atoms with Crippen molar-refractivity contribution < 1.29 is 24.2 Å². The second-order valence-electron chi connectivity index (χ2n) is 7.81. The summed E-state index contributed by atoms with van der Waals surface area (Å²) in [5.41, 5.74) is 1.73. The third-order valence-electron chi connectivity index (χ3n) is 5.70. The molecule has 2 fully saturated rings. The number of ether oxygens (including phenoxy) is 1. The summed E-state index contributed by atoms with van der Waals surface area (Å²) >= 11 is 0. The normalized spacial score (nSPS) is 22.4. The van der Waals surface area contributed by atoms with Crippen molar-refractivity contribution in [1.82, 2.24) is 4.90 Å². The number of aliphatic carboxylic acids is 1. The predicted molar refractivity (Wildman–Crippen MR) is 104 cm³/mol. The van der Waals surface area contributed by atoms with E-state index in [4.69, 9.17) is 9.84 Å². The highest BCUT2D eigenvalue weighted by Crippen LogP contribution is 2.35. The number of piperidine rings is 1. The molecule has 2 atom stereocenters. The number of benzene rings is 1. The number of carbonyl (C=O) groups excluding carboxylic acids is 2. The first kappa shape index (κ1) is 20.2. The van der Waals surface area contributed by atoms with E-state index in [1.54, 1.807) is 12.0 Å². The lowest BCUT2D eigenvalue weighted by Gasteiger charge is -2.34. The minimum Gasteiger partial charge on any atom is -0.495 e. The van der Waals surface area contributed by atoms with Gasteiger partial charge in [-0.05, 0) is 49.8 Å². The van der Waals surface area contributed by atoms with E-state index in [-0.39, 0.29) is 36.5 Å². The molecule has 0 saturated carbocycles. The van der Waals surface area contributed by atoms with Gasteiger partial charge in [-0.3, -0.25) is 14.4 Å². The van der Waals surface area contributed by atoms with E-state index in [2.05, 4.69) is 0 Å². The average molecular weight is 388 g/mol. The summed E-state index contributed by atoms with van der Waals surface area (Å²) in [5.74, 6) is -0.384. The van der Waals surface area contributed by atoms with Crippen molar-refractivity contribution in [3.8, 4) is 5.75 Å². The SMILES string of the molecule is COc1ccc(C)cc1N1CC(C(=O)N2CCCC(CCC(=O)O)C2)CC1=O. The van der Waals surface area contributed by atoms with Gasteiger partial charge in [-0.2, -0.15) is 0 Å². The lowest BCUT2D eigenvalue weighted by molar-refractivity contribution is -0.138. The zero-order valence-corrected chi connectivity index (χ0v) is 16.5. The number of carbonyl (C=O) groups is 3. The predicted octanol–water partition coefficient (Wildman–Crippen LogP) is 2.46. The Morgan fingerprint density at radius 1 is 1.29 bits per heavy atom. The molecule has 7 heteroatoms. The number of anilines is 1. The van der Waals surface area contributed by atoms with Crippen LogP contribution in [0.1, 0.15) is 37.7 Å². The van der Waals surface area contributed by atoms with Crippen molar-refractivity contribution in [3.05, 3.63) is 23.8 Å². The topological polar surface area (TPSA) is 87.2 Å². The maximum atomic E-state index is 13.0. The Morgan fingerprint density at radius 3 is 2.79 bits per heavy atom. The number of carboxylic acid groups (broad SMARTS) is 1. The van der Waals surface area contributed by atoms with Gasteiger partial charge in [-0.15, -0.1) is 0 Å². The van der Waals surface area contributed by atoms with Gasteiger partial charge in [0.05, 0.1) is 18.7 Å². The lowest BCUT2D eigenvalue weighted by Crippen LogP contribution is -2.43. The van der Waals surface area contributed by atoms with Gasteiger partial charge in [0.15, 0.2) is 0 Å². The van der Waals surface area contributed by atoms with Crippen LogP contribution in [0.2, 0.25) is 0 Å². The molecule has 1 N–H and O–H groups in total. The van der Waals surface area contributed by atoms with Crippen molar-refractivity contribution in [2.75, 3.05) is 31.6 Å². The average Bonchev–Trinajstić information content (AvgIpc) is 3.07. The fraction of sp³-hybridized carbons (Fsp3) is 0.571. The molecule has 2 heterocycles. The molecule has 28 heavy (non-hydrogen) atoms. The molecule has 0 aliphatic carbocycles. The molecule has 1 aromatic rings. The Hall–Kier alpha value is -2.57. The van der Waals surface area contributed by atoms with E-state index >= 15 is 0 Å². The Morgan fingerprint density at radius 2 is 2.07 bits per heavy atom. The van der Waals surface area contributed by atoms with Crippen LogP contribution in [-0.2, 0) is 14.4 Å². The molecule has 2 unspecified atom stereocenters. The van der Waals surface area contributed by atoms with E-state index < -0.39 is 5.97 Å². The Labute approximate surface area is 165 Å². The molecule has 3 rings (SSSR count). The number of hydrogen-bond acceptors (Lipinski definition) is 4. The third kappa shape index (κ3) is 4.46. The number of rotatable bonds is 6. The molecule has 7 nitrogen and oxygen atoms in total. The maximum Gasteiger partial charge on any atom is 0.303 e. The zero-order valence-electron chi connectivity index (χ0n) is 16.5. The van der Waals surface area contributed by atoms with Crippen LogP contribution in [0.5, 0.6) is 5.75 Å². The van der Waals surface area contributed by atoms with E-state index in [1.165, 1.54) is 0 Å². The minimum atomic E-state index is -0.799. The van der Waals surface area contributed by atoms with Crippen molar-refractivity contribution in [2.45, 2.75) is 39.0 Å². The quantitative estimate of drug-likeness (QED) is 0.809. The van der Waals surface area contributed by atoms with Crippen LogP contribution in [0.25, 0.3) is 0 Å². The van der Waals surface area contributed by atoms with Gasteiger partial charge in [0, 0.05) is 32.5 Å². The largest absolute Gasteiger partial charge is 0.495 e. The second-order valence-corrected chi connectivity index (χ2v) is 7.81. The number of aryl methyl sites for hydroxylation is 1. The van der Waals surface area contributed by atoms with Crippen LogP contribution in [0.4, 0.5) is 5.69 Å². The van der Waals surface area contributed by atoms with E-state index in [0.717, 1.165) is 18.4 Å². The minimum absolute atomic E-state index is 0.00231. The molecule has 2 aliphatic rings. The van der Waals surface area contributed by atoms with Crippen LogP contribution in [0, 0.1) is 18.8 Å². The zero-order chi connectivity index (χ0) is 20.3. The monoisotopic (exact) mass is 388 g/mol. The first-order valence-corrected chi connectivity index (χ1v) is 9.84. The number of likely N-dealkylation sites (tertiary alicyclic amines) is 1. The Bertz CT molecular complexity index is 763. The number of carboxylic acids is 1. The molecule has 2 aliphatic heterocycles. The summed E-state index contributed by atoms with van der Waals surface area (Å²) < 4.78 is 5.40. The van der Waals surface area contributed by atoms with Crippen LogP contribution >= 0.6 is 0 Å². The van der Waals surface area contributed by atoms with E-state index in [1.807, 2.05) is 30.0 Å². The molecule has 0 bridgehead atoms. The summed E-state index contributed by atoms with van der Waals surface area (Å²) in [4.78, 5) is 39.9. The van der Waals surface area contributed by atoms with Crippen LogP contribution in [0.15, 0.2) is 18.2 Å². The van der Waals surface area contributed by atoms with Crippen LogP contribution < -0.4 is 9.64 Å². The fourth-order valence-corrected chi connectivity index (χ4v) is 4.20. The van der Waals surface area contributed by atoms with Crippen molar-refractivity contribution in [3.63, 3.8) is 0 Å². The second kappa shape index (κ2) is 8.63. The molecule has 0 spiro atoms. The highest BCUT2D eigenvalue weighted by atomic mass is 16.5. The van der Waals surface area contributed by atoms with Gasteiger partial charge in [0.1, 0.15) is 5.75 Å². The molecule has 152 valence electrons. The summed E-state index contributed by atoms with van der Waals surface area (Å²) in [6, 6.07) is 5.67. The van der Waals surface area contributed by atoms with E-state index in [0.29, 0.717) is 37.5 Å². The van der Waals surface area contributed by atoms with Gasteiger partial charge >= 0.3 is 5.97 Å². The number of nitrogens with zero attached hydrogens (tertiary/aromatic N) is 2. The van der Waals surface area contributed by atoms with Crippen LogP contribution in [-0.4, -0.2) is 54.5 Å². The van der Waals surface area contributed by atoms with Gasteiger partial charge in [0.25, 0.3) is 0 Å². The fourth-order valence-electron chi connectivity index (χ4n) is 4.20. The van der Waals surface area contributed by atoms with E-state index in [9.17, 15) is 14.4 Å². The van der Waals surface area contributed by atoms with Gasteiger partial charge in [-0.1, -0.05) is 6.07 Å². The summed E-state index contributed by atoms with van der Waals surface area (Å²) in [5, 5.41) is 8.89. The van der Waals surface area contributed by atoms with Gasteiger partial charge in [-0.25, -0.2) is 0 Å². The van der Waals surface area contributed by atoms with Crippen LogP contribution in [0.3, 0.4) is 0 Å². The maximum absolute atomic E-state index is 13.0. The number of hydrogen-bond donors (Lipinski definition) is 1. The highest BCUT2D eigenvalue weighted by molar-refractivity contribution is 6.01. The summed E-state index contributed by atoms with van der Waals surface area (Å²) in [6.45, 7) is 3.58. The molecule has 0 radical (unpaired) electrons. The molecule has 2 amide bonds. The standard InChI is InChI=1S/C21H28N2O5/c1-14-5-7-18(28-2)17(10-14)23-13-16(11-19(23)24)21(27)22-9-3-4-15(12-22)6-8-20(25)26/h5,7,10,15-16H,3-4,6,8-9,11-13H2,1-2H3,(H,25,26). The molecular weight excluding hydrogens is 360 g/mol. The molecular formula is C21H28N2O5. The summed E-state index contributed by atoms with van der Waals surface area (Å²) in [6.07, 6.45) is 2.76. The first-order chi connectivity index (χ1) is 13.4. The number of methoxy groups -OCH3 is 1. The number of amides is 2. The lowest BCUT2D eigenvalue weighted by atomic mass is 9.92. The Balaban J connectivity index is 1.67. The summed E-state index contributed by atoms with van der Waals surface area (Å²) in [7, 11) is 1.57. The third-order valence-corrected chi connectivity index (χ3v) is 5.70. The van der Waals surface area contributed by atoms with Crippen molar-refractivity contribution >= 4 is 23.5 Å².